The third-order valence-electron chi connectivity index (χ3n) is 6.99. The third-order valence-corrected chi connectivity index (χ3v) is 10.4. The Morgan fingerprint density at radius 1 is 0.972 bits per heavy atom. The zero-order chi connectivity index (χ0) is 25.7. The van der Waals surface area contributed by atoms with Gasteiger partial charge in [-0.25, -0.2) is 13.2 Å². The number of carboxylic acids is 1. The Balaban J connectivity index is 1.44. The van der Waals surface area contributed by atoms with Crippen molar-refractivity contribution in [2.45, 2.75) is 29.7 Å². The molecule has 3 aromatic carbocycles. The minimum atomic E-state index is -3.71. The van der Waals surface area contributed by atoms with Crippen molar-refractivity contribution in [2.75, 3.05) is 18.0 Å². The van der Waals surface area contributed by atoms with Gasteiger partial charge < -0.3 is 10.0 Å². The summed E-state index contributed by atoms with van der Waals surface area (Å²) in [5.41, 5.74) is 1.87. The number of sulfonamides is 1. The SMILES string of the molecule is O=C(O)c1ccc(CN2C(=O)C3(CCN(S(=O)(=O)c4ccccc4Br)CC3)c3cc(Br)ccc32)cc1. The van der Waals surface area contributed by atoms with Crippen LogP contribution in [0.25, 0.3) is 0 Å². The number of carboxylic acid groups (broad SMARTS) is 1. The molecule has 7 nitrogen and oxygen atoms in total. The van der Waals surface area contributed by atoms with Crippen LogP contribution in [0.2, 0.25) is 0 Å². The van der Waals surface area contributed by atoms with Crippen LogP contribution in [0.1, 0.15) is 34.3 Å². The number of aromatic carboxylic acids is 1. The highest BCUT2D eigenvalue weighted by molar-refractivity contribution is 9.10. The summed E-state index contributed by atoms with van der Waals surface area (Å²) in [4.78, 5) is 27.1. The van der Waals surface area contributed by atoms with E-state index in [9.17, 15) is 23.1 Å². The van der Waals surface area contributed by atoms with E-state index in [1.165, 1.54) is 16.4 Å². The zero-order valence-electron chi connectivity index (χ0n) is 19.0. The van der Waals surface area contributed by atoms with Gasteiger partial charge in [0, 0.05) is 27.7 Å². The average Bonchev–Trinajstić information content (AvgIpc) is 3.07. The number of rotatable bonds is 5. The van der Waals surface area contributed by atoms with Crippen molar-refractivity contribution in [3.63, 3.8) is 0 Å². The maximum Gasteiger partial charge on any atom is 0.335 e. The van der Waals surface area contributed by atoms with Gasteiger partial charge in [0.25, 0.3) is 0 Å². The highest BCUT2D eigenvalue weighted by Gasteiger charge is 2.53. The maximum atomic E-state index is 14.0. The normalized spacial score (nSPS) is 17.4. The van der Waals surface area contributed by atoms with Gasteiger partial charge in [-0.2, -0.15) is 4.31 Å². The van der Waals surface area contributed by atoms with E-state index in [4.69, 9.17) is 0 Å². The van der Waals surface area contributed by atoms with E-state index < -0.39 is 21.4 Å². The molecule has 10 heteroatoms. The quantitative estimate of drug-likeness (QED) is 0.418. The molecule has 1 amide bonds. The summed E-state index contributed by atoms with van der Waals surface area (Å²) in [6, 6.07) is 19.0. The Morgan fingerprint density at radius 2 is 1.64 bits per heavy atom. The Labute approximate surface area is 226 Å². The van der Waals surface area contributed by atoms with Crippen LogP contribution in [0.4, 0.5) is 5.69 Å². The van der Waals surface area contributed by atoms with E-state index in [2.05, 4.69) is 31.9 Å². The molecule has 0 atom stereocenters. The number of fused-ring (bicyclic) bond motifs is 2. The predicted molar refractivity (Wildman–Crippen MR) is 143 cm³/mol. The van der Waals surface area contributed by atoms with Gasteiger partial charge in [0.2, 0.25) is 15.9 Å². The van der Waals surface area contributed by atoms with Crippen molar-refractivity contribution in [2.24, 2.45) is 0 Å². The number of benzene rings is 3. The van der Waals surface area contributed by atoms with E-state index >= 15 is 0 Å². The summed E-state index contributed by atoms with van der Waals surface area (Å²) in [6.45, 7) is 0.749. The summed E-state index contributed by atoms with van der Waals surface area (Å²) in [7, 11) is -3.71. The zero-order valence-corrected chi connectivity index (χ0v) is 23.0. The lowest BCUT2D eigenvalue weighted by atomic mass is 9.74. The van der Waals surface area contributed by atoms with Crippen molar-refractivity contribution in [3.05, 3.63) is 92.4 Å². The Hall–Kier alpha value is -2.53. The van der Waals surface area contributed by atoms with Crippen LogP contribution in [0.15, 0.2) is 80.6 Å². The van der Waals surface area contributed by atoms with Crippen LogP contribution >= 0.6 is 31.9 Å². The van der Waals surface area contributed by atoms with E-state index in [0.717, 1.165) is 21.3 Å². The largest absolute Gasteiger partial charge is 0.478 e. The molecule has 0 bridgehead atoms. The summed E-state index contributed by atoms with van der Waals surface area (Å²) in [5.74, 6) is -1.06. The first kappa shape index (κ1) is 25.1. The number of nitrogens with zero attached hydrogens (tertiary/aromatic N) is 2. The highest BCUT2D eigenvalue weighted by atomic mass is 79.9. The van der Waals surface area contributed by atoms with E-state index in [1.807, 2.05) is 18.2 Å². The molecule has 1 fully saturated rings. The van der Waals surface area contributed by atoms with Crippen LogP contribution < -0.4 is 4.90 Å². The third kappa shape index (κ3) is 4.19. The van der Waals surface area contributed by atoms with E-state index in [-0.39, 0.29) is 29.5 Å². The molecule has 2 aliphatic rings. The first-order chi connectivity index (χ1) is 17.1. The molecule has 2 aliphatic heterocycles. The van der Waals surface area contributed by atoms with E-state index in [0.29, 0.717) is 23.9 Å². The molecular formula is C26H22Br2N2O5S. The molecule has 1 N–H and O–H groups in total. The minimum Gasteiger partial charge on any atom is -0.478 e. The molecule has 5 rings (SSSR count). The number of piperidine rings is 1. The predicted octanol–water partition coefficient (Wildman–Crippen LogP) is 5.18. The van der Waals surface area contributed by atoms with Crippen LogP contribution in [0, 0.1) is 0 Å². The number of hydrogen-bond acceptors (Lipinski definition) is 4. The summed E-state index contributed by atoms with van der Waals surface area (Å²) in [6.07, 6.45) is 0.737. The van der Waals surface area contributed by atoms with Crippen LogP contribution in [0.5, 0.6) is 0 Å². The molecule has 0 radical (unpaired) electrons. The molecule has 2 heterocycles. The second-order valence-corrected chi connectivity index (χ2v) is 12.6. The van der Waals surface area contributed by atoms with Gasteiger partial charge in [0.05, 0.1) is 22.4 Å². The van der Waals surface area contributed by atoms with Gasteiger partial charge in [0.1, 0.15) is 0 Å². The first-order valence-corrected chi connectivity index (χ1v) is 14.3. The molecule has 0 aliphatic carbocycles. The van der Waals surface area contributed by atoms with Gasteiger partial charge >= 0.3 is 5.97 Å². The number of carbonyl (C=O) groups is 2. The van der Waals surface area contributed by atoms with Crippen LogP contribution in [-0.2, 0) is 26.8 Å². The molecule has 1 saturated heterocycles. The van der Waals surface area contributed by atoms with Crippen molar-refractivity contribution >= 4 is 59.4 Å². The highest BCUT2D eigenvalue weighted by Crippen LogP contribution is 2.50. The topological polar surface area (TPSA) is 95.0 Å². The second kappa shape index (κ2) is 9.41. The molecule has 0 unspecified atom stereocenters. The van der Waals surface area contributed by atoms with Gasteiger partial charge in [-0.05, 0) is 82.4 Å². The Kier molecular flexibility index (Phi) is 6.57. The van der Waals surface area contributed by atoms with Gasteiger partial charge in [-0.15, -0.1) is 0 Å². The summed E-state index contributed by atoms with van der Waals surface area (Å²) in [5, 5.41) is 9.17. The molecule has 1 spiro atoms. The fraction of sp³-hybridized carbons (Fsp3) is 0.231. The summed E-state index contributed by atoms with van der Waals surface area (Å²) < 4.78 is 29.5. The Bertz CT molecular complexity index is 1470. The van der Waals surface area contributed by atoms with Crippen molar-refractivity contribution in [3.8, 4) is 0 Å². The lowest BCUT2D eigenvalue weighted by Gasteiger charge is -2.38. The van der Waals surface area contributed by atoms with Crippen molar-refractivity contribution < 1.29 is 23.1 Å². The van der Waals surface area contributed by atoms with Crippen LogP contribution in [-0.4, -0.2) is 42.8 Å². The fourth-order valence-electron chi connectivity index (χ4n) is 5.09. The lowest BCUT2D eigenvalue weighted by Crippen LogP contribution is -2.50. The fourth-order valence-corrected chi connectivity index (χ4v) is 7.85. The molecule has 0 aromatic heterocycles. The van der Waals surface area contributed by atoms with Crippen LogP contribution in [0.3, 0.4) is 0 Å². The molecule has 186 valence electrons. The molecule has 36 heavy (non-hydrogen) atoms. The Morgan fingerprint density at radius 3 is 2.28 bits per heavy atom. The molecular weight excluding hydrogens is 612 g/mol. The standard InChI is InChI=1S/C26H22Br2N2O5S/c27-19-9-10-22-20(15-19)26(25(33)30(22)16-17-5-7-18(8-6-17)24(31)32)11-13-29(14-12-26)36(34,35)23-4-2-1-3-21(23)28/h1-10,15H,11-14,16H2,(H,31,32). The molecule has 0 saturated carbocycles. The minimum absolute atomic E-state index is 0.0594. The van der Waals surface area contributed by atoms with E-state index in [1.54, 1.807) is 41.3 Å². The maximum absolute atomic E-state index is 14.0. The summed E-state index contributed by atoms with van der Waals surface area (Å²) >= 11 is 6.87. The number of halogens is 2. The molecule has 3 aromatic rings. The van der Waals surface area contributed by atoms with Crippen molar-refractivity contribution in [1.82, 2.24) is 4.31 Å². The number of anilines is 1. The van der Waals surface area contributed by atoms with Crippen molar-refractivity contribution in [1.29, 1.82) is 0 Å². The number of amides is 1. The second-order valence-electron chi connectivity index (χ2n) is 8.97. The van der Waals surface area contributed by atoms with Gasteiger partial charge in [-0.1, -0.05) is 40.2 Å². The monoisotopic (exact) mass is 632 g/mol. The average molecular weight is 634 g/mol. The first-order valence-electron chi connectivity index (χ1n) is 11.3. The van der Waals surface area contributed by atoms with Gasteiger partial charge in [0.15, 0.2) is 0 Å². The number of hydrogen-bond donors (Lipinski definition) is 1. The van der Waals surface area contributed by atoms with Gasteiger partial charge in [-0.3, -0.25) is 4.79 Å². The number of carbonyl (C=O) groups excluding carboxylic acids is 1. The smallest absolute Gasteiger partial charge is 0.335 e. The lowest BCUT2D eigenvalue weighted by molar-refractivity contribution is -0.124.